The minimum absolute atomic E-state index is 0.123. The molecule has 0 aliphatic heterocycles. The molecule has 0 radical (unpaired) electrons. The van der Waals surface area contributed by atoms with Crippen LogP contribution in [0.1, 0.15) is 101 Å². The van der Waals surface area contributed by atoms with E-state index in [2.05, 4.69) is 63.2 Å². The lowest BCUT2D eigenvalue weighted by molar-refractivity contribution is -0.139. The molecule has 0 unspecified atom stereocenters. The van der Waals surface area contributed by atoms with Crippen molar-refractivity contribution in [2.45, 2.75) is 96.2 Å². The number of benzene rings is 3. The maximum absolute atomic E-state index is 15.2. The van der Waals surface area contributed by atoms with E-state index in [0.717, 1.165) is 96.0 Å². The Labute approximate surface area is 451 Å². The molecule has 0 spiro atoms. The monoisotopic (exact) mass is 1050 g/mol. The number of carbonyl (C=O) groups is 2. The number of pyridine rings is 2. The van der Waals surface area contributed by atoms with Gasteiger partial charge in [-0.1, -0.05) is 73.3 Å². The van der Waals surface area contributed by atoms with Gasteiger partial charge >= 0.3 is 0 Å². The van der Waals surface area contributed by atoms with Crippen LogP contribution in [0.4, 0.5) is 0 Å². The summed E-state index contributed by atoms with van der Waals surface area (Å²) in [5.74, 6) is 2.46. The second-order valence-electron chi connectivity index (χ2n) is 19.4. The number of unbranched alkanes of at least 4 members (excludes halogenated alkanes) is 1. The second kappa shape index (κ2) is 29.5. The van der Waals surface area contributed by atoms with E-state index in [1.54, 1.807) is 12.4 Å². The molecule has 8 rings (SSSR count). The minimum Gasteiger partial charge on any atom is -0.494 e. The fourth-order valence-corrected chi connectivity index (χ4v) is 10.0. The van der Waals surface area contributed by atoms with E-state index in [0.29, 0.717) is 109 Å². The van der Waals surface area contributed by atoms with Gasteiger partial charge in [-0.2, -0.15) is 0 Å². The van der Waals surface area contributed by atoms with E-state index in [1.807, 2.05) is 115 Å². The molecule has 76 heavy (non-hydrogen) atoms. The molecule has 16 nitrogen and oxygen atoms in total. The Hall–Kier alpha value is -6.79. The summed E-state index contributed by atoms with van der Waals surface area (Å²) in [7, 11) is 0. The van der Waals surface area contributed by atoms with Crippen LogP contribution in [0.15, 0.2) is 140 Å². The molecule has 1 aliphatic carbocycles. The first kappa shape index (κ1) is 55.4. The number of nitrogens with two attached hydrogens (primary N) is 1. The Morgan fingerprint density at radius 1 is 0.618 bits per heavy atom. The number of aromatic nitrogens is 6. The number of nitrogens with one attached hydrogen (secondary N) is 3. The van der Waals surface area contributed by atoms with Gasteiger partial charge in [0.05, 0.1) is 62.9 Å². The van der Waals surface area contributed by atoms with Gasteiger partial charge in [-0.25, -0.2) is 9.97 Å². The summed E-state index contributed by atoms with van der Waals surface area (Å²) in [5, 5.41) is 3.58. The van der Waals surface area contributed by atoms with Gasteiger partial charge < -0.3 is 40.1 Å². The number of hydrogen-bond acceptors (Lipinski definition) is 12. The maximum Gasteiger partial charge on any atom is 0.251 e. The number of amides is 2. The standard InChI is InChI=1S/C59H72ClN11O5/c60-51-18-16-50(17-19-51)59(20-4-1-5-21-59)58(73)71(41-46-12-14-49(15-13-46)57(72)68-29-33-75-35-34-74-32-22-61)30-8-9-31-76-54-37-47(39-69(44-55-64-25-26-65-55)42-52-10-2-6-23-62-52)36-48(38-54)40-70(45-56-66-27-28-67-56)43-53-11-3-7-24-63-53/h2-3,6-7,10-19,23-28,36-38H,1,4-5,8-9,20-22,29-35,39-45,61H2,(H,64,65)(H,66,67)(H,68,72). The van der Waals surface area contributed by atoms with Crippen LogP contribution < -0.4 is 15.8 Å². The number of rotatable bonds is 31. The number of ether oxygens (including phenoxy) is 3. The van der Waals surface area contributed by atoms with E-state index in [4.69, 9.17) is 31.5 Å². The first-order valence-corrected chi connectivity index (χ1v) is 26.9. The fourth-order valence-electron chi connectivity index (χ4n) is 9.91. The summed E-state index contributed by atoms with van der Waals surface area (Å²) in [6.45, 7) is 7.71. The maximum atomic E-state index is 15.2. The van der Waals surface area contributed by atoms with Crippen LogP contribution in [0.2, 0.25) is 5.02 Å². The fraction of sp³-hybridized carbons (Fsp3) is 0.390. The summed E-state index contributed by atoms with van der Waals surface area (Å²) in [6, 6.07) is 33.9. The Balaban J connectivity index is 0.979. The van der Waals surface area contributed by atoms with Crippen LogP contribution in [0.3, 0.4) is 0 Å². The van der Waals surface area contributed by atoms with Gasteiger partial charge in [-0.05, 0) is 109 Å². The minimum atomic E-state index is -0.655. The van der Waals surface area contributed by atoms with Gasteiger partial charge in [0.15, 0.2) is 0 Å². The highest BCUT2D eigenvalue weighted by atomic mass is 35.5. The van der Waals surface area contributed by atoms with Crippen molar-refractivity contribution >= 4 is 23.4 Å². The Kier molecular flexibility index (Phi) is 21.5. The molecule has 0 atom stereocenters. The third kappa shape index (κ3) is 17.1. The summed E-state index contributed by atoms with van der Waals surface area (Å²) in [6.07, 6.45) is 16.9. The first-order chi connectivity index (χ1) is 37.3. The number of halogens is 1. The van der Waals surface area contributed by atoms with Gasteiger partial charge in [0.25, 0.3) is 5.91 Å². The lowest BCUT2D eigenvalue weighted by atomic mass is 9.68. The zero-order chi connectivity index (χ0) is 52.6. The van der Waals surface area contributed by atoms with E-state index in [-0.39, 0.29) is 11.8 Å². The number of carbonyl (C=O) groups excluding carboxylic acids is 2. The van der Waals surface area contributed by atoms with Gasteiger partial charge in [0, 0.05) is 100 Å². The molecule has 0 bridgehead atoms. The van der Waals surface area contributed by atoms with Gasteiger partial charge in [-0.3, -0.25) is 29.4 Å². The smallest absolute Gasteiger partial charge is 0.251 e. The molecular formula is C59H72ClN11O5. The van der Waals surface area contributed by atoms with Crippen molar-refractivity contribution in [3.05, 3.63) is 196 Å². The molecule has 1 saturated carbocycles. The summed E-state index contributed by atoms with van der Waals surface area (Å²) in [5.41, 5.74) is 11.4. The molecule has 3 aromatic carbocycles. The SMILES string of the molecule is NCCOCCOCCNC(=O)c1ccc(CN(CCCCOc2cc(CN(Cc3ccccn3)Cc3ncc[nH]3)cc(CN(Cc3ccccn3)Cc3ncc[nH]3)c2)C(=O)C2(c3ccc(Cl)cc3)CCCCC2)cc1. The quantitative estimate of drug-likeness (QED) is 0.0303. The van der Waals surface area contributed by atoms with Crippen molar-refractivity contribution in [3.8, 4) is 5.75 Å². The largest absolute Gasteiger partial charge is 0.494 e. The van der Waals surface area contributed by atoms with Crippen LogP contribution in [0, 0.1) is 0 Å². The highest BCUT2D eigenvalue weighted by Crippen LogP contribution is 2.42. The predicted molar refractivity (Wildman–Crippen MR) is 294 cm³/mol. The van der Waals surface area contributed by atoms with Crippen LogP contribution in [-0.4, -0.2) is 109 Å². The Morgan fingerprint density at radius 2 is 1.24 bits per heavy atom. The van der Waals surface area contributed by atoms with Crippen molar-refractivity contribution < 1.29 is 23.8 Å². The molecule has 17 heteroatoms. The molecule has 1 fully saturated rings. The van der Waals surface area contributed by atoms with Gasteiger partial charge in [0.1, 0.15) is 17.4 Å². The van der Waals surface area contributed by atoms with E-state index >= 15 is 4.79 Å². The van der Waals surface area contributed by atoms with E-state index in [1.165, 1.54) is 0 Å². The van der Waals surface area contributed by atoms with Gasteiger partial charge in [-0.15, -0.1) is 0 Å². The summed E-state index contributed by atoms with van der Waals surface area (Å²) < 4.78 is 17.6. The Morgan fingerprint density at radius 3 is 1.80 bits per heavy atom. The molecule has 400 valence electrons. The van der Waals surface area contributed by atoms with E-state index < -0.39 is 5.41 Å². The third-order valence-corrected chi connectivity index (χ3v) is 13.8. The zero-order valence-corrected chi connectivity index (χ0v) is 44.2. The topological polar surface area (TPSA) is 193 Å². The third-order valence-electron chi connectivity index (χ3n) is 13.6. The molecule has 0 saturated heterocycles. The molecule has 1 aliphatic rings. The molecule has 2 amide bonds. The van der Waals surface area contributed by atoms with Gasteiger partial charge in [0.2, 0.25) is 5.91 Å². The van der Waals surface area contributed by atoms with Crippen LogP contribution >= 0.6 is 11.6 Å². The number of aromatic amines is 2. The second-order valence-corrected chi connectivity index (χ2v) is 19.8. The van der Waals surface area contributed by atoms with Crippen LogP contribution in [0.5, 0.6) is 5.75 Å². The number of H-pyrrole nitrogens is 2. The number of nitrogens with zero attached hydrogens (tertiary/aromatic N) is 7. The predicted octanol–water partition coefficient (Wildman–Crippen LogP) is 8.79. The van der Waals surface area contributed by atoms with Crippen molar-refractivity contribution in [3.63, 3.8) is 0 Å². The first-order valence-electron chi connectivity index (χ1n) is 26.6. The molecule has 4 aromatic heterocycles. The molecular weight excluding hydrogens is 978 g/mol. The van der Waals surface area contributed by atoms with Crippen molar-refractivity contribution in [2.75, 3.05) is 52.7 Å². The highest BCUT2D eigenvalue weighted by molar-refractivity contribution is 6.30. The van der Waals surface area contributed by atoms with Crippen LogP contribution in [-0.2, 0) is 65.5 Å². The summed E-state index contributed by atoms with van der Waals surface area (Å²) in [4.78, 5) is 60.0. The molecule has 7 aromatic rings. The zero-order valence-electron chi connectivity index (χ0n) is 43.5. The highest BCUT2D eigenvalue weighted by Gasteiger charge is 2.43. The molecule has 4 heterocycles. The number of imidazole rings is 2. The van der Waals surface area contributed by atoms with Crippen molar-refractivity contribution in [1.29, 1.82) is 0 Å². The van der Waals surface area contributed by atoms with E-state index in [9.17, 15) is 4.79 Å². The van der Waals surface area contributed by atoms with Crippen molar-refractivity contribution in [1.82, 2.24) is 49.9 Å². The van der Waals surface area contributed by atoms with Crippen molar-refractivity contribution in [2.24, 2.45) is 5.73 Å². The molecule has 5 N–H and O–H groups in total. The average Bonchev–Trinajstić information content (AvgIpc) is 4.20. The number of hydrogen-bond donors (Lipinski definition) is 4. The summed E-state index contributed by atoms with van der Waals surface area (Å²) >= 11 is 6.39. The lowest BCUT2D eigenvalue weighted by Crippen LogP contribution is -2.48. The van der Waals surface area contributed by atoms with Crippen LogP contribution in [0.25, 0.3) is 0 Å². The normalized spacial score (nSPS) is 13.3. The Bertz CT molecular complexity index is 2660. The lowest BCUT2D eigenvalue weighted by Gasteiger charge is -2.40. The average molecular weight is 1050 g/mol.